The topological polar surface area (TPSA) is 58.4 Å². The lowest BCUT2D eigenvalue weighted by Gasteiger charge is -2.32. The molecule has 1 unspecified atom stereocenters. The van der Waals surface area contributed by atoms with Crippen LogP contribution in [0.2, 0.25) is 0 Å². The fourth-order valence-corrected chi connectivity index (χ4v) is 3.59. The fourth-order valence-electron chi connectivity index (χ4n) is 3.59. The van der Waals surface area contributed by atoms with Crippen LogP contribution < -0.4 is 5.46 Å². The van der Waals surface area contributed by atoms with Crippen LogP contribution in [0.15, 0.2) is 6.20 Å². The maximum atomic E-state index is 14.8. The molecule has 0 saturated carbocycles. The van der Waals surface area contributed by atoms with Crippen LogP contribution in [0, 0.1) is 12.7 Å². The van der Waals surface area contributed by atoms with Crippen molar-refractivity contribution in [3.8, 4) is 0 Å². The van der Waals surface area contributed by atoms with Crippen molar-refractivity contribution >= 4 is 23.6 Å². The average Bonchev–Trinajstić information content (AvgIpc) is 3.02. The Balaban J connectivity index is 1.83. The lowest BCUT2D eigenvalue weighted by molar-refractivity contribution is -0.0371. The first-order valence-electron chi connectivity index (χ1n) is 9.22. The SMILES string of the molecule is Cc1nn(C2CCCCO2)c2ncc(F)c(B3OC(C)(C)C(C)(C)O3)c12. The van der Waals surface area contributed by atoms with E-state index in [0.29, 0.717) is 28.8 Å². The lowest BCUT2D eigenvalue weighted by atomic mass is 9.77. The summed E-state index contributed by atoms with van der Waals surface area (Å²) in [5.74, 6) is -0.441. The molecule has 2 aliphatic rings. The molecule has 2 saturated heterocycles. The van der Waals surface area contributed by atoms with Gasteiger partial charge in [0.05, 0.1) is 23.1 Å². The van der Waals surface area contributed by atoms with Crippen molar-refractivity contribution in [2.24, 2.45) is 0 Å². The number of halogens is 1. The highest BCUT2D eigenvalue weighted by molar-refractivity contribution is 6.65. The van der Waals surface area contributed by atoms with Crippen molar-refractivity contribution in [2.45, 2.75) is 71.3 Å². The van der Waals surface area contributed by atoms with Gasteiger partial charge >= 0.3 is 7.12 Å². The zero-order chi connectivity index (χ0) is 18.7. The van der Waals surface area contributed by atoms with E-state index in [1.54, 1.807) is 4.68 Å². The summed E-state index contributed by atoms with van der Waals surface area (Å²) in [4.78, 5) is 4.32. The normalized spacial score (nSPS) is 25.2. The standard InChI is InChI=1S/C18H25BFN3O3/c1-11-14-15(19-25-17(2,3)18(4,5)26-19)12(20)10-21-16(14)23(22-11)13-8-6-7-9-24-13/h10,13H,6-9H2,1-5H3. The van der Waals surface area contributed by atoms with Gasteiger partial charge in [0, 0.05) is 17.5 Å². The Labute approximate surface area is 153 Å². The fraction of sp³-hybridized carbons (Fsp3) is 0.667. The average molecular weight is 361 g/mol. The molecule has 0 N–H and O–H groups in total. The molecule has 0 amide bonds. The van der Waals surface area contributed by atoms with Gasteiger partial charge in [-0.05, 0) is 53.9 Å². The van der Waals surface area contributed by atoms with Gasteiger partial charge in [-0.25, -0.2) is 14.1 Å². The van der Waals surface area contributed by atoms with Gasteiger partial charge in [0.25, 0.3) is 0 Å². The lowest BCUT2D eigenvalue weighted by Crippen LogP contribution is -2.41. The molecule has 2 aromatic rings. The molecule has 26 heavy (non-hydrogen) atoms. The quantitative estimate of drug-likeness (QED) is 0.770. The van der Waals surface area contributed by atoms with Crippen molar-refractivity contribution in [3.63, 3.8) is 0 Å². The van der Waals surface area contributed by atoms with E-state index in [4.69, 9.17) is 14.0 Å². The number of rotatable bonds is 2. The van der Waals surface area contributed by atoms with Crippen LogP contribution >= 0.6 is 0 Å². The number of aryl methyl sites for hydroxylation is 1. The highest BCUT2D eigenvalue weighted by Gasteiger charge is 2.53. The molecule has 2 aliphatic heterocycles. The molecule has 1 atom stereocenters. The van der Waals surface area contributed by atoms with Gasteiger partial charge in [-0.15, -0.1) is 0 Å². The summed E-state index contributed by atoms with van der Waals surface area (Å²) in [6, 6.07) is 0. The molecule has 0 spiro atoms. The maximum Gasteiger partial charge on any atom is 0.498 e. The van der Waals surface area contributed by atoms with Crippen LogP contribution in [-0.2, 0) is 14.0 Å². The van der Waals surface area contributed by atoms with E-state index in [2.05, 4.69) is 10.1 Å². The molecule has 0 aliphatic carbocycles. The Hall–Kier alpha value is -1.51. The van der Waals surface area contributed by atoms with E-state index in [-0.39, 0.29) is 6.23 Å². The van der Waals surface area contributed by atoms with Crippen LogP contribution in [-0.4, -0.2) is 39.7 Å². The Bertz CT molecular complexity index is 830. The van der Waals surface area contributed by atoms with Gasteiger partial charge in [-0.2, -0.15) is 5.10 Å². The summed E-state index contributed by atoms with van der Waals surface area (Å²) in [6.45, 7) is 10.4. The van der Waals surface area contributed by atoms with E-state index >= 15 is 0 Å². The minimum atomic E-state index is -0.797. The predicted octanol–water partition coefficient (Wildman–Crippen LogP) is 2.88. The first-order chi connectivity index (χ1) is 12.2. The summed E-state index contributed by atoms with van der Waals surface area (Å²) in [7, 11) is -0.797. The molecule has 0 aromatic carbocycles. The van der Waals surface area contributed by atoms with Crippen molar-refractivity contribution in [1.82, 2.24) is 14.8 Å². The van der Waals surface area contributed by atoms with Crippen LogP contribution in [0.5, 0.6) is 0 Å². The summed E-state index contributed by atoms with van der Waals surface area (Å²) in [5, 5.41) is 5.26. The highest BCUT2D eigenvalue weighted by atomic mass is 19.1. The van der Waals surface area contributed by atoms with E-state index in [1.165, 1.54) is 6.20 Å². The molecule has 4 heterocycles. The first kappa shape index (κ1) is 17.9. The minimum Gasteiger partial charge on any atom is -0.399 e. The van der Waals surface area contributed by atoms with Crippen molar-refractivity contribution in [3.05, 3.63) is 17.7 Å². The van der Waals surface area contributed by atoms with Crippen molar-refractivity contribution < 1.29 is 18.4 Å². The molecule has 0 bridgehead atoms. The third-order valence-corrected chi connectivity index (χ3v) is 5.80. The van der Waals surface area contributed by atoms with Gasteiger partial charge in [-0.1, -0.05) is 0 Å². The van der Waals surface area contributed by atoms with E-state index in [9.17, 15) is 4.39 Å². The van der Waals surface area contributed by atoms with E-state index in [1.807, 2.05) is 34.6 Å². The number of aromatic nitrogens is 3. The number of hydrogen-bond donors (Lipinski definition) is 0. The van der Waals surface area contributed by atoms with Crippen LogP contribution in [0.1, 0.15) is 58.9 Å². The summed E-state index contributed by atoms with van der Waals surface area (Å²) >= 11 is 0. The third-order valence-electron chi connectivity index (χ3n) is 5.80. The second-order valence-corrected chi connectivity index (χ2v) is 8.16. The Morgan fingerprint density at radius 1 is 1.19 bits per heavy atom. The maximum absolute atomic E-state index is 14.8. The van der Waals surface area contributed by atoms with Gasteiger partial charge < -0.3 is 14.0 Å². The number of ether oxygens (including phenoxy) is 1. The number of hydrogen-bond acceptors (Lipinski definition) is 5. The zero-order valence-corrected chi connectivity index (χ0v) is 16.0. The second-order valence-electron chi connectivity index (χ2n) is 8.16. The number of pyridine rings is 1. The Kier molecular flexibility index (Phi) is 4.13. The molecule has 140 valence electrons. The highest BCUT2D eigenvalue weighted by Crippen LogP contribution is 2.37. The van der Waals surface area contributed by atoms with Crippen molar-refractivity contribution in [2.75, 3.05) is 6.61 Å². The Morgan fingerprint density at radius 3 is 2.50 bits per heavy atom. The third kappa shape index (κ3) is 2.66. The van der Waals surface area contributed by atoms with Crippen LogP contribution in [0.25, 0.3) is 11.0 Å². The van der Waals surface area contributed by atoms with Gasteiger partial charge in [-0.3, -0.25) is 0 Å². The smallest absolute Gasteiger partial charge is 0.399 e. The van der Waals surface area contributed by atoms with Gasteiger partial charge in [0.15, 0.2) is 11.9 Å². The summed E-state index contributed by atoms with van der Waals surface area (Å²) < 4.78 is 34.6. The van der Waals surface area contributed by atoms with Gasteiger partial charge in [0.1, 0.15) is 5.82 Å². The first-order valence-corrected chi connectivity index (χ1v) is 9.22. The molecule has 0 radical (unpaired) electrons. The predicted molar refractivity (Wildman–Crippen MR) is 96.8 cm³/mol. The van der Waals surface area contributed by atoms with E-state index < -0.39 is 24.1 Å². The molecule has 4 rings (SSSR count). The molecule has 2 fully saturated rings. The molecule has 6 nitrogen and oxygen atoms in total. The van der Waals surface area contributed by atoms with Crippen LogP contribution in [0.4, 0.5) is 4.39 Å². The summed E-state index contributed by atoms with van der Waals surface area (Å²) in [6.07, 6.45) is 4.07. The van der Waals surface area contributed by atoms with Crippen LogP contribution in [0.3, 0.4) is 0 Å². The molecule has 8 heteroatoms. The molecule has 2 aromatic heterocycles. The number of fused-ring (bicyclic) bond motifs is 1. The molecular weight excluding hydrogens is 336 g/mol. The van der Waals surface area contributed by atoms with Gasteiger partial charge in [0.2, 0.25) is 0 Å². The molecular formula is C18H25BFN3O3. The van der Waals surface area contributed by atoms with E-state index in [0.717, 1.165) is 19.3 Å². The largest absolute Gasteiger partial charge is 0.498 e. The van der Waals surface area contributed by atoms with Crippen molar-refractivity contribution in [1.29, 1.82) is 0 Å². The minimum absolute atomic E-state index is 0.163. The summed E-state index contributed by atoms with van der Waals surface area (Å²) in [5.41, 5.74) is 0.589. The number of nitrogens with zero attached hydrogens (tertiary/aromatic N) is 3. The second kappa shape index (κ2) is 6.01. The zero-order valence-electron chi connectivity index (χ0n) is 16.0. The Morgan fingerprint density at radius 2 is 1.88 bits per heavy atom. The monoisotopic (exact) mass is 361 g/mol.